The highest BCUT2D eigenvalue weighted by atomic mass is 16.2. The van der Waals surface area contributed by atoms with Gasteiger partial charge in [-0.25, -0.2) is 24.7 Å². The van der Waals surface area contributed by atoms with Gasteiger partial charge in [-0.05, 0) is 67.9 Å². The van der Waals surface area contributed by atoms with E-state index in [9.17, 15) is 14.4 Å². The van der Waals surface area contributed by atoms with E-state index in [-0.39, 0.29) is 36.2 Å². The van der Waals surface area contributed by atoms with Crippen LogP contribution in [-0.4, -0.2) is 60.7 Å². The highest BCUT2D eigenvalue weighted by Gasteiger charge is 2.46. The second-order valence-electron chi connectivity index (χ2n) is 10.8. The van der Waals surface area contributed by atoms with Gasteiger partial charge >= 0.3 is 6.03 Å². The number of amides is 4. The lowest BCUT2D eigenvalue weighted by molar-refractivity contribution is -0.124. The quantitative estimate of drug-likeness (QED) is 0.301. The van der Waals surface area contributed by atoms with Crippen LogP contribution in [0.25, 0.3) is 5.65 Å². The molecule has 0 bridgehead atoms. The summed E-state index contributed by atoms with van der Waals surface area (Å²) in [7, 11) is 1.49. The number of imide groups is 1. The Labute approximate surface area is 235 Å². The van der Waals surface area contributed by atoms with Crippen LogP contribution in [0.4, 0.5) is 16.3 Å². The highest BCUT2D eigenvalue weighted by molar-refractivity contribution is 6.13. The maximum absolute atomic E-state index is 12.8. The van der Waals surface area contributed by atoms with Gasteiger partial charge < -0.3 is 9.72 Å². The van der Waals surface area contributed by atoms with E-state index in [2.05, 4.69) is 32.1 Å². The number of carbonyl (C=O) groups is 3. The number of rotatable bonds is 5. The number of aryl methyl sites for hydroxylation is 1. The van der Waals surface area contributed by atoms with Gasteiger partial charge in [0.2, 0.25) is 11.8 Å². The summed E-state index contributed by atoms with van der Waals surface area (Å²) in [5.74, 6) is 7.23. The first-order valence-electron chi connectivity index (χ1n) is 13.5. The van der Waals surface area contributed by atoms with Crippen LogP contribution in [-0.2, 0) is 9.59 Å². The van der Waals surface area contributed by atoms with Crippen LogP contribution >= 0.6 is 0 Å². The summed E-state index contributed by atoms with van der Waals surface area (Å²) in [4.78, 5) is 58.1. The van der Waals surface area contributed by atoms with E-state index >= 15 is 0 Å². The minimum Gasteiger partial charge on any atom is -0.310 e. The van der Waals surface area contributed by atoms with Gasteiger partial charge in [0, 0.05) is 54.9 Å². The second kappa shape index (κ2) is 9.52. The molecule has 1 saturated heterocycles. The topological polar surface area (TPSA) is 126 Å². The number of urea groups is 1. The van der Waals surface area contributed by atoms with E-state index in [1.165, 1.54) is 11.9 Å². The van der Waals surface area contributed by atoms with E-state index in [1.807, 2.05) is 35.9 Å². The van der Waals surface area contributed by atoms with Crippen molar-refractivity contribution in [2.45, 2.75) is 38.0 Å². The summed E-state index contributed by atoms with van der Waals surface area (Å²) in [6, 6.07) is 6.93. The lowest BCUT2D eigenvalue weighted by Crippen LogP contribution is -2.30. The Balaban J connectivity index is 1.11. The van der Waals surface area contributed by atoms with Crippen LogP contribution in [0.3, 0.4) is 0 Å². The number of nitrogens with zero attached hydrogens (tertiary/aromatic N) is 7. The van der Waals surface area contributed by atoms with Crippen molar-refractivity contribution in [3.63, 3.8) is 0 Å². The third-order valence-corrected chi connectivity index (χ3v) is 7.70. The Morgan fingerprint density at radius 3 is 2.63 bits per heavy atom. The van der Waals surface area contributed by atoms with E-state index in [0.29, 0.717) is 46.6 Å². The Bertz CT molecular complexity index is 1820. The minimum atomic E-state index is -0.365. The SMILES string of the molecule is Cc1ccnc([C@H]2C[C@@H]2C(=O)Nc2cc(C#Cc3cn4cc(C5CC5)cc(N5CC(=O)N(C)C5=O)c4n3)ccn2)n1. The van der Waals surface area contributed by atoms with Crippen LogP contribution in [0.1, 0.15) is 59.4 Å². The molecule has 3 fully saturated rings. The predicted molar refractivity (Wildman–Crippen MR) is 149 cm³/mol. The summed E-state index contributed by atoms with van der Waals surface area (Å²) in [6.07, 6.45) is 10.1. The van der Waals surface area contributed by atoms with Gasteiger partial charge in [0.25, 0.3) is 0 Å². The number of carbonyl (C=O) groups excluding carboxylic acids is 3. The molecule has 0 spiro atoms. The van der Waals surface area contributed by atoms with Gasteiger partial charge in [-0.2, -0.15) is 0 Å². The number of pyridine rings is 2. The zero-order valence-electron chi connectivity index (χ0n) is 22.5. The molecule has 0 radical (unpaired) electrons. The number of imidazole rings is 1. The van der Waals surface area contributed by atoms with Crippen LogP contribution in [0.2, 0.25) is 0 Å². The molecule has 11 nitrogen and oxygen atoms in total. The van der Waals surface area contributed by atoms with Crippen molar-refractivity contribution in [1.29, 1.82) is 0 Å². The maximum Gasteiger partial charge on any atom is 0.331 e. The third kappa shape index (κ3) is 4.78. The summed E-state index contributed by atoms with van der Waals surface area (Å²) in [5.41, 5.74) is 4.35. The monoisotopic (exact) mass is 546 g/mol. The summed E-state index contributed by atoms with van der Waals surface area (Å²) in [5, 5.41) is 2.89. The zero-order chi connectivity index (χ0) is 28.2. The molecule has 5 heterocycles. The lowest BCUT2D eigenvalue weighted by Gasteiger charge is -2.17. The standard InChI is InChI=1S/C30H26N8O3/c1-17-7-9-32-27(33-17)22-13-23(22)29(40)35-25-11-18(8-10-31-25)3-6-21-15-37-14-20(19-4-5-19)12-24(28(37)34-21)38-16-26(39)36(2)30(38)41/h7-12,14-15,19,22-23H,4-5,13,16H2,1-2H3,(H,31,35,40)/t22-,23-/m0/s1. The van der Waals surface area contributed by atoms with Crippen molar-refractivity contribution in [1.82, 2.24) is 29.2 Å². The molecule has 2 atom stereocenters. The van der Waals surface area contributed by atoms with E-state index in [0.717, 1.165) is 29.0 Å². The van der Waals surface area contributed by atoms with Crippen molar-refractivity contribution in [3.8, 4) is 11.8 Å². The fourth-order valence-corrected chi connectivity index (χ4v) is 5.13. The number of likely N-dealkylation sites (N-methyl/N-ethyl adjacent to an activating group) is 1. The molecule has 7 rings (SSSR count). The molecule has 0 unspecified atom stereocenters. The van der Waals surface area contributed by atoms with E-state index in [4.69, 9.17) is 4.98 Å². The predicted octanol–water partition coefficient (Wildman–Crippen LogP) is 3.25. The molecule has 11 heteroatoms. The number of hydrogen-bond donors (Lipinski definition) is 1. The van der Waals surface area contributed by atoms with Gasteiger partial charge in [-0.15, -0.1) is 0 Å². The summed E-state index contributed by atoms with van der Waals surface area (Å²) < 4.78 is 1.88. The van der Waals surface area contributed by atoms with E-state index in [1.54, 1.807) is 24.5 Å². The first kappa shape index (κ1) is 24.9. The maximum atomic E-state index is 12.8. The Kier molecular flexibility index (Phi) is 5.78. The molecule has 4 aromatic heterocycles. The molecular weight excluding hydrogens is 520 g/mol. The first-order valence-corrected chi connectivity index (χ1v) is 13.5. The second-order valence-corrected chi connectivity index (χ2v) is 10.8. The number of hydrogen-bond acceptors (Lipinski definition) is 7. The molecule has 204 valence electrons. The Morgan fingerprint density at radius 2 is 1.88 bits per heavy atom. The smallest absolute Gasteiger partial charge is 0.310 e. The minimum absolute atomic E-state index is 0.0158. The van der Waals surface area contributed by atoms with Gasteiger partial charge in [0.15, 0.2) is 5.65 Å². The largest absolute Gasteiger partial charge is 0.331 e. The van der Waals surface area contributed by atoms with Gasteiger partial charge in [-0.1, -0.05) is 5.92 Å². The molecule has 3 aliphatic rings. The third-order valence-electron chi connectivity index (χ3n) is 7.70. The molecule has 2 aliphatic carbocycles. The summed E-state index contributed by atoms with van der Waals surface area (Å²) in [6.45, 7) is 1.89. The summed E-state index contributed by atoms with van der Waals surface area (Å²) >= 11 is 0. The molecule has 4 aromatic rings. The number of nitrogens with one attached hydrogen (secondary N) is 1. The van der Waals surface area contributed by atoms with Crippen LogP contribution in [0.15, 0.2) is 49.1 Å². The lowest BCUT2D eigenvalue weighted by atomic mass is 10.1. The van der Waals surface area contributed by atoms with Crippen molar-refractivity contribution in [2.75, 3.05) is 23.8 Å². The fraction of sp³-hybridized carbons (Fsp3) is 0.300. The van der Waals surface area contributed by atoms with Crippen LogP contribution in [0.5, 0.6) is 0 Å². The number of anilines is 2. The Hall–Kier alpha value is -5.11. The fourth-order valence-electron chi connectivity index (χ4n) is 5.13. The first-order chi connectivity index (χ1) is 19.8. The zero-order valence-corrected chi connectivity index (χ0v) is 22.5. The van der Waals surface area contributed by atoms with Crippen molar-refractivity contribution in [2.24, 2.45) is 5.92 Å². The van der Waals surface area contributed by atoms with Gasteiger partial charge in [-0.3, -0.25) is 19.4 Å². The molecule has 41 heavy (non-hydrogen) atoms. The van der Waals surface area contributed by atoms with Crippen molar-refractivity contribution >= 4 is 35.0 Å². The highest BCUT2D eigenvalue weighted by Crippen LogP contribution is 2.46. The number of fused-ring (bicyclic) bond motifs is 1. The average Bonchev–Trinajstić information content (AvgIpc) is 3.89. The van der Waals surface area contributed by atoms with E-state index < -0.39 is 0 Å². The normalized spacial score (nSPS) is 19.9. The molecule has 1 N–H and O–H groups in total. The molecular formula is C30H26N8O3. The van der Waals surface area contributed by atoms with Crippen molar-refractivity contribution in [3.05, 3.63) is 77.4 Å². The van der Waals surface area contributed by atoms with Crippen LogP contribution in [0, 0.1) is 24.7 Å². The number of aromatic nitrogens is 5. The molecule has 0 aromatic carbocycles. The van der Waals surface area contributed by atoms with Gasteiger partial charge in [0.1, 0.15) is 23.9 Å². The van der Waals surface area contributed by atoms with Crippen molar-refractivity contribution < 1.29 is 14.4 Å². The molecule has 1 aliphatic heterocycles. The average molecular weight is 547 g/mol. The molecule has 2 saturated carbocycles. The molecule has 4 amide bonds. The van der Waals surface area contributed by atoms with Gasteiger partial charge in [0.05, 0.1) is 5.69 Å². The van der Waals surface area contributed by atoms with Crippen LogP contribution < -0.4 is 10.2 Å². The Morgan fingerprint density at radius 1 is 1.05 bits per heavy atom.